The number of anilines is 2. The van der Waals surface area contributed by atoms with Crippen molar-refractivity contribution in [2.45, 2.75) is 20.3 Å². The zero-order valence-corrected chi connectivity index (χ0v) is 12.1. The molecule has 2 aromatic rings. The maximum atomic E-state index is 12.1. The highest BCUT2D eigenvalue weighted by molar-refractivity contribution is 5.93. The van der Waals surface area contributed by atoms with Crippen molar-refractivity contribution in [1.82, 2.24) is 0 Å². The molecule has 0 aromatic heterocycles. The number of benzene rings is 2. The minimum Gasteiger partial charge on any atom is -0.399 e. The summed E-state index contributed by atoms with van der Waals surface area (Å²) in [6.07, 6.45) is 0.274. The Hall–Kier alpha value is -2.80. The lowest BCUT2D eigenvalue weighted by Crippen LogP contribution is -2.15. The van der Waals surface area contributed by atoms with Gasteiger partial charge in [-0.3, -0.25) is 4.79 Å². The van der Waals surface area contributed by atoms with Crippen molar-refractivity contribution in [3.05, 3.63) is 58.7 Å². The second-order valence-corrected chi connectivity index (χ2v) is 5.06. The second-order valence-electron chi connectivity index (χ2n) is 5.06. The molecule has 0 aliphatic heterocycles. The molecule has 0 fully saturated rings. The summed E-state index contributed by atoms with van der Waals surface area (Å²) in [6.45, 7) is 4.05. The normalized spacial score (nSPS) is 9.95. The predicted octanol–water partition coefficient (Wildman–Crippen LogP) is 2.94. The molecule has 2 aromatic carbocycles. The molecule has 0 atom stereocenters. The summed E-state index contributed by atoms with van der Waals surface area (Å²) in [5, 5.41) is 11.8. The topological polar surface area (TPSA) is 78.9 Å². The molecule has 0 saturated carbocycles. The van der Waals surface area contributed by atoms with Crippen molar-refractivity contribution < 1.29 is 4.79 Å². The lowest BCUT2D eigenvalue weighted by Gasteiger charge is -2.09. The number of carbonyl (C=O) groups is 1. The predicted molar refractivity (Wildman–Crippen MR) is 83.8 cm³/mol. The molecule has 0 heterocycles. The molecule has 0 radical (unpaired) electrons. The molecule has 4 heteroatoms. The summed E-state index contributed by atoms with van der Waals surface area (Å²) in [4.78, 5) is 12.1. The minimum absolute atomic E-state index is 0.153. The van der Waals surface area contributed by atoms with Gasteiger partial charge in [0.15, 0.2) is 0 Å². The van der Waals surface area contributed by atoms with Crippen LogP contribution in [0.25, 0.3) is 0 Å². The molecule has 3 N–H and O–H groups in total. The van der Waals surface area contributed by atoms with Crippen LogP contribution in [0.1, 0.15) is 22.3 Å². The smallest absolute Gasteiger partial charge is 0.228 e. The Morgan fingerprint density at radius 3 is 2.62 bits per heavy atom. The molecular formula is C17H17N3O. The number of nitrogens with one attached hydrogen (secondary N) is 1. The van der Waals surface area contributed by atoms with Crippen LogP contribution in [0.2, 0.25) is 0 Å². The van der Waals surface area contributed by atoms with E-state index in [-0.39, 0.29) is 12.3 Å². The number of rotatable bonds is 3. The molecule has 0 unspecified atom stereocenters. The van der Waals surface area contributed by atoms with E-state index < -0.39 is 0 Å². The maximum absolute atomic E-state index is 12.1. The van der Waals surface area contributed by atoms with Gasteiger partial charge in [0.2, 0.25) is 5.91 Å². The summed E-state index contributed by atoms with van der Waals surface area (Å²) in [5.41, 5.74) is 10.3. The van der Waals surface area contributed by atoms with Crippen molar-refractivity contribution in [3.63, 3.8) is 0 Å². The van der Waals surface area contributed by atoms with Crippen molar-refractivity contribution in [2.75, 3.05) is 11.1 Å². The van der Waals surface area contributed by atoms with Gasteiger partial charge in [0.05, 0.1) is 17.7 Å². The molecule has 21 heavy (non-hydrogen) atoms. The van der Waals surface area contributed by atoms with Gasteiger partial charge in [-0.25, -0.2) is 0 Å². The molecule has 0 saturated heterocycles. The quantitative estimate of drug-likeness (QED) is 0.848. The summed E-state index contributed by atoms with van der Waals surface area (Å²) in [5.74, 6) is -0.153. The summed E-state index contributed by atoms with van der Waals surface area (Å²) < 4.78 is 0. The molecule has 0 bridgehead atoms. The largest absolute Gasteiger partial charge is 0.399 e. The first kappa shape index (κ1) is 14.6. The van der Waals surface area contributed by atoms with Crippen molar-refractivity contribution in [1.29, 1.82) is 5.26 Å². The highest BCUT2D eigenvalue weighted by Crippen LogP contribution is 2.18. The first-order chi connectivity index (χ1) is 9.99. The Labute approximate surface area is 124 Å². The third kappa shape index (κ3) is 3.61. The average molecular weight is 279 g/mol. The number of carbonyl (C=O) groups excluding carboxylic acids is 1. The van der Waals surface area contributed by atoms with E-state index in [0.717, 1.165) is 11.1 Å². The van der Waals surface area contributed by atoms with Gasteiger partial charge < -0.3 is 11.1 Å². The highest BCUT2D eigenvalue weighted by Gasteiger charge is 2.08. The van der Waals surface area contributed by atoms with Crippen LogP contribution in [0.3, 0.4) is 0 Å². The monoisotopic (exact) mass is 279 g/mol. The maximum Gasteiger partial charge on any atom is 0.228 e. The van der Waals surface area contributed by atoms with Crippen molar-refractivity contribution in [3.8, 4) is 6.07 Å². The second kappa shape index (κ2) is 6.10. The van der Waals surface area contributed by atoms with Crippen LogP contribution in [0.15, 0.2) is 36.4 Å². The van der Waals surface area contributed by atoms with Crippen LogP contribution in [-0.2, 0) is 11.2 Å². The lowest BCUT2D eigenvalue weighted by molar-refractivity contribution is -0.115. The molecule has 2 rings (SSSR count). The fraction of sp³-hybridized carbons (Fsp3) is 0.176. The van der Waals surface area contributed by atoms with Crippen LogP contribution in [-0.4, -0.2) is 5.91 Å². The zero-order valence-electron chi connectivity index (χ0n) is 12.1. The van der Waals surface area contributed by atoms with Crippen LogP contribution in [0.4, 0.5) is 11.4 Å². The average Bonchev–Trinajstić information content (AvgIpc) is 2.44. The molecule has 1 amide bonds. The van der Waals surface area contributed by atoms with E-state index in [9.17, 15) is 4.79 Å². The summed E-state index contributed by atoms with van der Waals surface area (Å²) >= 11 is 0. The molecule has 0 spiro atoms. The van der Waals surface area contributed by atoms with Gasteiger partial charge in [0.1, 0.15) is 6.07 Å². The SMILES string of the molecule is Cc1ccc(CC(=O)Nc2ccc(N)cc2C#N)cc1C. The zero-order chi connectivity index (χ0) is 15.4. The Balaban J connectivity index is 2.12. The Bertz CT molecular complexity index is 729. The third-order valence-electron chi connectivity index (χ3n) is 3.37. The molecule has 0 aliphatic carbocycles. The van der Waals surface area contributed by atoms with Gasteiger partial charge in [0.25, 0.3) is 0 Å². The molecule has 0 aliphatic rings. The Kier molecular flexibility index (Phi) is 4.24. The van der Waals surface area contributed by atoms with Crippen LogP contribution in [0, 0.1) is 25.2 Å². The standard InChI is InChI=1S/C17H17N3O/c1-11-3-4-13(7-12(11)2)8-17(21)20-16-6-5-15(19)9-14(16)10-18/h3-7,9H,8,19H2,1-2H3,(H,20,21). The molecule has 4 nitrogen and oxygen atoms in total. The van der Waals surface area contributed by atoms with E-state index in [0.29, 0.717) is 16.9 Å². The number of nitrogen functional groups attached to an aromatic ring is 1. The summed E-state index contributed by atoms with van der Waals surface area (Å²) in [7, 11) is 0. The third-order valence-corrected chi connectivity index (χ3v) is 3.37. The molecular weight excluding hydrogens is 262 g/mol. The number of hydrogen-bond donors (Lipinski definition) is 2. The van der Waals surface area contributed by atoms with Gasteiger partial charge >= 0.3 is 0 Å². The van der Waals surface area contributed by atoms with Crippen LogP contribution >= 0.6 is 0 Å². The van der Waals surface area contributed by atoms with Gasteiger partial charge in [-0.05, 0) is 48.7 Å². The van der Waals surface area contributed by atoms with Crippen molar-refractivity contribution in [2.24, 2.45) is 0 Å². The first-order valence-electron chi connectivity index (χ1n) is 6.65. The number of nitrogens with two attached hydrogens (primary N) is 1. The van der Waals surface area contributed by atoms with E-state index in [1.807, 2.05) is 38.1 Å². The van der Waals surface area contributed by atoms with E-state index in [4.69, 9.17) is 11.0 Å². The van der Waals surface area contributed by atoms with E-state index >= 15 is 0 Å². The van der Waals surface area contributed by atoms with E-state index in [2.05, 4.69) is 5.32 Å². The number of hydrogen-bond acceptors (Lipinski definition) is 3. The summed E-state index contributed by atoms with van der Waals surface area (Å²) in [6, 6.07) is 12.8. The van der Waals surface area contributed by atoms with E-state index in [1.54, 1.807) is 18.2 Å². The van der Waals surface area contributed by atoms with Gasteiger partial charge in [-0.2, -0.15) is 5.26 Å². The minimum atomic E-state index is -0.153. The number of nitriles is 1. The van der Waals surface area contributed by atoms with Crippen LogP contribution in [0.5, 0.6) is 0 Å². The number of amides is 1. The molecule has 106 valence electrons. The van der Waals surface area contributed by atoms with Gasteiger partial charge in [-0.15, -0.1) is 0 Å². The number of nitrogens with zero attached hydrogens (tertiary/aromatic N) is 1. The highest BCUT2D eigenvalue weighted by atomic mass is 16.1. The van der Waals surface area contributed by atoms with Crippen molar-refractivity contribution >= 4 is 17.3 Å². The Morgan fingerprint density at radius 1 is 1.19 bits per heavy atom. The number of aryl methyl sites for hydroxylation is 2. The van der Waals surface area contributed by atoms with Crippen LogP contribution < -0.4 is 11.1 Å². The first-order valence-corrected chi connectivity index (χ1v) is 6.65. The van der Waals surface area contributed by atoms with Gasteiger partial charge in [-0.1, -0.05) is 18.2 Å². The van der Waals surface area contributed by atoms with Gasteiger partial charge in [0, 0.05) is 5.69 Å². The fourth-order valence-electron chi connectivity index (χ4n) is 2.06. The van der Waals surface area contributed by atoms with E-state index in [1.165, 1.54) is 5.56 Å². The Morgan fingerprint density at radius 2 is 1.95 bits per heavy atom. The lowest BCUT2D eigenvalue weighted by atomic mass is 10.0. The fourth-order valence-corrected chi connectivity index (χ4v) is 2.06.